The summed E-state index contributed by atoms with van der Waals surface area (Å²) in [6.07, 6.45) is -1.16. The van der Waals surface area contributed by atoms with E-state index in [0.717, 1.165) is 4.47 Å². The predicted octanol–water partition coefficient (Wildman–Crippen LogP) is 3.79. The second-order valence-corrected chi connectivity index (χ2v) is 4.33. The zero-order chi connectivity index (χ0) is 11.7. The Morgan fingerprint density at radius 2 is 1.88 bits per heavy atom. The SMILES string of the molecule is Cn1cc(C(F)F)c(-c2ccc(Br)cc2)n1. The van der Waals surface area contributed by atoms with E-state index >= 15 is 0 Å². The van der Waals surface area contributed by atoms with Crippen molar-refractivity contribution in [3.8, 4) is 11.3 Å². The van der Waals surface area contributed by atoms with Crippen LogP contribution in [-0.2, 0) is 7.05 Å². The van der Waals surface area contributed by atoms with Crippen molar-refractivity contribution in [2.75, 3.05) is 0 Å². The van der Waals surface area contributed by atoms with E-state index in [1.165, 1.54) is 10.9 Å². The number of aromatic nitrogens is 2. The van der Waals surface area contributed by atoms with Gasteiger partial charge in [-0.3, -0.25) is 4.68 Å². The van der Waals surface area contributed by atoms with Crippen molar-refractivity contribution in [2.45, 2.75) is 6.43 Å². The molecule has 1 aromatic heterocycles. The summed E-state index contributed by atoms with van der Waals surface area (Å²) in [6, 6.07) is 7.13. The Morgan fingerprint density at radius 3 is 2.44 bits per heavy atom. The number of hydrogen-bond donors (Lipinski definition) is 0. The fraction of sp³-hybridized carbons (Fsp3) is 0.182. The fourth-order valence-corrected chi connectivity index (χ4v) is 1.76. The first-order chi connectivity index (χ1) is 7.58. The molecule has 0 amide bonds. The molecular weight excluding hydrogens is 278 g/mol. The van der Waals surface area contributed by atoms with Crippen LogP contribution in [0.4, 0.5) is 8.78 Å². The second kappa shape index (κ2) is 4.33. The number of benzene rings is 1. The van der Waals surface area contributed by atoms with Gasteiger partial charge in [0.2, 0.25) is 0 Å². The Morgan fingerprint density at radius 1 is 1.25 bits per heavy atom. The van der Waals surface area contributed by atoms with Gasteiger partial charge in [0, 0.05) is 23.3 Å². The number of nitrogens with zero attached hydrogens (tertiary/aromatic N) is 2. The Labute approximate surface area is 100 Å². The lowest BCUT2D eigenvalue weighted by atomic mass is 10.1. The van der Waals surface area contributed by atoms with Gasteiger partial charge in [-0.2, -0.15) is 5.10 Å². The molecular formula is C11H9BrF2N2. The minimum Gasteiger partial charge on any atom is -0.275 e. The normalized spacial score (nSPS) is 11.1. The van der Waals surface area contributed by atoms with E-state index < -0.39 is 6.43 Å². The van der Waals surface area contributed by atoms with Crippen LogP contribution in [0.5, 0.6) is 0 Å². The molecule has 0 saturated heterocycles. The van der Waals surface area contributed by atoms with Crippen LogP contribution in [0, 0.1) is 0 Å². The highest BCUT2D eigenvalue weighted by Crippen LogP contribution is 2.30. The summed E-state index contributed by atoms with van der Waals surface area (Å²) in [5.41, 5.74) is 0.994. The lowest BCUT2D eigenvalue weighted by molar-refractivity contribution is 0.152. The highest BCUT2D eigenvalue weighted by atomic mass is 79.9. The summed E-state index contributed by atoms with van der Waals surface area (Å²) >= 11 is 3.30. The van der Waals surface area contributed by atoms with Crippen molar-refractivity contribution in [3.63, 3.8) is 0 Å². The van der Waals surface area contributed by atoms with Gasteiger partial charge in [0.1, 0.15) is 5.69 Å². The van der Waals surface area contributed by atoms with Gasteiger partial charge in [-0.25, -0.2) is 8.78 Å². The number of halogens is 3. The third-order valence-electron chi connectivity index (χ3n) is 2.21. The largest absolute Gasteiger partial charge is 0.275 e. The van der Waals surface area contributed by atoms with E-state index in [4.69, 9.17) is 0 Å². The zero-order valence-corrected chi connectivity index (χ0v) is 10.1. The molecule has 2 aromatic rings. The van der Waals surface area contributed by atoms with Gasteiger partial charge >= 0.3 is 0 Å². The number of hydrogen-bond acceptors (Lipinski definition) is 1. The van der Waals surface area contributed by atoms with E-state index in [-0.39, 0.29) is 5.56 Å². The van der Waals surface area contributed by atoms with Crippen molar-refractivity contribution in [2.24, 2.45) is 7.05 Å². The van der Waals surface area contributed by atoms with E-state index in [9.17, 15) is 8.78 Å². The van der Waals surface area contributed by atoms with Crippen molar-refractivity contribution < 1.29 is 8.78 Å². The van der Waals surface area contributed by atoms with Gasteiger partial charge in [0.25, 0.3) is 6.43 Å². The molecule has 0 unspecified atom stereocenters. The number of alkyl halides is 2. The van der Waals surface area contributed by atoms with E-state index in [0.29, 0.717) is 11.3 Å². The fourth-order valence-electron chi connectivity index (χ4n) is 1.50. The molecule has 0 aliphatic carbocycles. The van der Waals surface area contributed by atoms with Crippen LogP contribution in [0.2, 0.25) is 0 Å². The van der Waals surface area contributed by atoms with Gasteiger partial charge in [-0.15, -0.1) is 0 Å². The molecule has 0 bridgehead atoms. The molecule has 2 nitrogen and oxygen atoms in total. The van der Waals surface area contributed by atoms with Gasteiger partial charge < -0.3 is 0 Å². The van der Waals surface area contributed by atoms with E-state index in [1.807, 2.05) is 0 Å². The summed E-state index contributed by atoms with van der Waals surface area (Å²) < 4.78 is 27.8. The Kier molecular flexibility index (Phi) is 3.05. The van der Waals surface area contributed by atoms with Gasteiger partial charge in [0.15, 0.2) is 0 Å². The molecule has 2 rings (SSSR count). The third-order valence-corrected chi connectivity index (χ3v) is 2.74. The molecule has 0 atom stereocenters. The molecule has 0 radical (unpaired) electrons. The van der Waals surface area contributed by atoms with Crippen LogP contribution in [0.25, 0.3) is 11.3 Å². The molecule has 0 aliphatic rings. The number of rotatable bonds is 2. The Bertz CT molecular complexity index is 491. The van der Waals surface area contributed by atoms with Gasteiger partial charge in [-0.05, 0) is 12.1 Å². The first-order valence-corrected chi connectivity index (χ1v) is 5.45. The first kappa shape index (κ1) is 11.3. The standard InChI is InChI=1S/C11H9BrF2N2/c1-16-6-9(11(13)14)10(15-16)7-2-4-8(12)5-3-7/h2-6,11H,1H3. The maximum absolute atomic E-state index is 12.7. The van der Waals surface area contributed by atoms with Crippen LogP contribution in [0.15, 0.2) is 34.9 Å². The summed E-state index contributed by atoms with van der Waals surface area (Å²) in [4.78, 5) is 0. The topological polar surface area (TPSA) is 17.8 Å². The lowest BCUT2D eigenvalue weighted by Gasteiger charge is -2.01. The molecule has 0 N–H and O–H groups in total. The highest BCUT2D eigenvalue weighted by molar-refractivity contribution is 9.10. The molecule has 0 aliphatic heterocycles. The summed E-state index contributed by atoms with van der Waals surface area (Å²) in [5.74, 6) is 0. The van der Waals surface area contributed by atoms with Crippen molar-refractivity contribution in [3.05, 3.63) is 40.5 Å². The molecule has 84 valence electrons. The summed E-state index contributed by atoms with van der Waals surface area (Å²) in [7, 11) is 1.63. The van der Waals surface area contributed by atoms with Crippen LogP contribution in [0.3, 0.4) is 0 Å². The average Bonchev–Trinajstić information content (AvgIpc) is 2.61. The van der Waals surface area contributed by atoms with Crippen LogP contribution in [-0.4, -0.2) is 9.78 Å². The molecule has 0 saturated carbocycles. The van der Waals surface area contributed by atoms with Crippen molar-refractivity contribution >= 4 is 15.9 Å². The van der Waals surface area contributed by atoms with Gasteiger partial charge in [0.05, 0.1) is 5.56 Å². The van der Waals surface area contributed by atoms with Crippen molar-refractivity contribution in [1.82, 2.24) is 9.78 Å². The maximum Gasteiger partial charge on any atom is 0.267 e. The quantitative estimate of drug-likeness (QED) is 0.821. The monoisotopic (exact) mass is 286 g/mol. The minimum atomic E-state index is -2.51. The smallest absolute Gasteiger partial charge is 0.267 e. The predicted molar refractivity (Wildman–Crippen MR) is 61.3 cm³/mol. The molecule has 0 fully saturated rings. The number of aryl methyl sites for hydroxylation is 1. The minimum absolute atomic E-state index is 0.0372. The van der Waals surface area contributed by atoms with Crippen LogP contribution in [0.1, 0.15) is 12.0 Å². The van der Waals surface area contributed by atoms with E-state index in [2.05, 4.69) is 21.0 Å². The Balaban J connectivity index is 2.50. The zero-order valence-electron chi connectivity index (χ0n) is 8.49. The molecule has 1 heterocycles. The molecule has 16 heavy (non-hydrogen) atoms. The Hall–Kier alpha value is -1.23. The lowest BCUT2D eigenvalue weighted by Crippen LogP contribution is -1.88. The third kappa shape index (κ3) is 2.14. The maximum atomic E-state index is 12.7. The molecule has 5 heteroatoms. The van der Waals surface area contributed by atoms with E-state index in [1.54, 1.807) is 31.3 Å². The average molecular weight is 287 g/mol. The van der Waals surface area contributed by atoms with Crippen LogP contribution >= 0.6 is 15.9 Å². The molecule has 1 aromatic carbocycles. The summed E-state index contributed by atoms with van der Waals surface area (Å²) in [6.45, 7) is 0. The highest BCUT2D eigenvalue weighted by Gasteiger charge is 2.17. The van der Waals surface area contributed by atoms with Crippen molar-refractivity contribution in [1.29, 1.82) is 0 Å². The second-order valence-electron chi connectivity index (χ2n) is 3.41. The van der Waals surface area contributed by atoms with Gasteiger partial charge in [-0.1, -0.05) is 28.1 Å². The summed E-state index contributed by atoms with van der Waals surface area (Å²) in [5, 5.41) is 4.05. The van der Waals surface area contributed by atoms with Crippen LogP contribution < -0.4 is 0 Å². The first-order valence-electron chi connectivity index (χ1n) is 4.65. The molecule has 0 spiro atoms.